The molecule has 0 radical (unpaired) electrons. The fraction of sp³-hybridized carbons (Fsp3) is 0.188. The fourth-order valence-electron chi connectivity index (χ4n) is 11.8. The first-order chi connectivity index (χ1) is 51.5. The number of aliphatic hydroxyl groups is 2. The van der Waals surface area contributed by atoms with E-state index in [2.05, 4.69) is 248 Å². The minimum absolute atomic E-state index is 0. The fourth-order valence-corrected chi connectivity index (χ4v) is 11.8. The van der Waals surface area contributed by atoms with Crippen LogP contribution in [0.15, 0.2) is 270 Å². The number of hydrogen-bond donors (Lipinski definition) is 2. The van der Waals surface area contributed by atoms with E-state index >= 15 is 0 Å². The number of benzene rings is 8. The Morgan fingerprint density at radius 1 is 0.315 bits per heavy atom. The summed E-state index contributed by atoms with van der Waals surface area (Å²) in [6.07, 6.45) is 9.68. The molecule has 0 bridgehead atoms. The first kappa shape index (κ1) is 83.1. The van der Waals surface area contributed by atoms with Gasteiger partial charge in [0, 0.05) is 72.6 Å². The quantitative estimate of drug-likeness (QED) is 0.120. The zero-order chi connectivity index (χ0) is 75.2. The second kappa shape index (κ2) is 40.4. The van der Waals surface area contributed by atoms with Crippen LogP contribution in [-0.4, -0.2) is 54.3 Å². The van der Waals surface area contributed by atoms with Gasteiger partial charge in [0.1, 0.15) is 16.7 Å². The normalized spacial score (nSPS) is 10.6. The van der Waals surface area contributed by atoms with Crippen LogP contribution in [0.25, 0.3) is 123 Å². The first-order valence-electron chi connectivity index (χ1n) is 35.9. The van der Waals surface area contributed by atoms with E-state index in [1.807, 2.05) is 152 Å². The number of hydrogen-bond acceptors (Lipinski definition) is 10. The van der Waals surface area contributed by atoms with Crippen LogP contribution in [0.4, 0.5) is 0 Å². The topological polar surface area (TPSA) is 144 Å². The summed E-state index contributed by atoms with van der Waals surface area (Å²) in [6.45, 7) is 25.8. The third-order valence-corrected chi connectivity index (χ3v) is 18.2. The smallest absolute Gasteiger partial charge is 0.501 e. The molecule has 8 heterocycles. The number of aryl methyl sites for hydroxylation is 4. The molecule has 12 heteroatoms. The minimum atomic E-state index is 0. The number of aromatic nitrogens is 6. The van der Waals surface area contributed by atoms with E-state index in [1.54, 1.807) is 0 Å². The van der Waals surface area contributed by atoms with Gasteiger partial charge >= 0.3 is 40.2 Å². The molecule has 2 N–H and O–H groups in total. The van der Waals surface area contributed by atoms with Crippen LogP contribution in [0, 0.1) is 58.0 Å². The number of nitrogens with zero attached hydrogens (tertiary/aromatic N) is 6. The molecule has 0 saturated carbocycles. The Kier molecular flexibility index (Phi) is 31.1. The summed E-state index contributed by atoms with van der Waals surface area (Å²) >= 11 is 0. The summed E-state index contributed by atoms with van der Waals surface area (Å²) in [4.78, 5) is 27.7. The van der Waals surface area contributed by atoms with Gasteiger partial charge in [-0.05, 0) is 137 Å². The molecule has 8 aromatic carbocycles. The minimum Gasteiger partial charge on any atom is -0.501 e. The summed E-state index contributed by atoms with van der Waals surface area (Å²) in [5, 5.41) is 18.5. The van der Waals surface area contributed by atoms with E-state index in [9.17, 15) is 0 Å². The Morgan fingerprint density at radius 2 is 0.713 bits per heavy atom. The molecule has 0 atom stereocenters. The standard InChI is InChI=1S/C28H26N2.C19H15NO.C19H14NO.2C14H14N.2CH4O.2Ir/c1-19(2)24-13-15-26(29-18-24)22-11-8-12-23(17-22)28-25(20(3)4)14-16-27(30-28)21-9-6-5-7-10-21;2*1-12-10-17(20-11-13(12)2)16-8-5-7-15-14-6-3-4-9-18(14)21-19(15)16;2*1-11(2)13-8-9-14(15-10-13)12-6-4-3-5-7-12;2*1-2;;/h5-9,11-16,18-20H,1-4H3;3-11H,1-2H3;3-7,9-11H,1-2H3;2*3-6,8-11H,1-2H3;2*2H,1H3;;/q-2;;3*-1;;;2*+3. The van der Waals surface area contributed by atoms with E-state index < -0.39 is 0 Å². The molecule has 0 aliphatic heterocycles. The number of rotatable bonds is 11. The van der Waals surface area contributed by atoms with Crippen LogP contribution in [0.2, 0.25) is 0 Å². The number of para-hydroxylation sites is 3. The maximum atomic E-state index is 7.00. The predicted octanol–water partition coefficient (Wildman–Crippen LogP) is 24.2. The SMILES string of the molecule is CC(C)c1ccc(-c2[c-]c(-c3nc(-c4[c-]cccc4)ccc3C(C)C)ccc2)nc1.CC(C)c1ccc(-c2[c-]cccc2)nc1.CC(C)c1ccc(-c2[c-]cccc2)nc1.CO.CO.Cc1cnc(-c2[c-]ccc3c2oc2ccccc23)cc1C.Cc1cnc(-c2cccc3c2oc2ccccc23)cc1C.[Ir+3].[Ir+3]. The molecule has 0 saturated heterocycles. The van der Waals surface area contributed by atoms with Gasteiger partial charge < -0.3 is 39.0 Å². The molecule has 546 valence electrons. The van der Waals surface area contributed by atoms with Gasteiger partial charge in [0.15, 0.2) is 0 Å². The Labute approximate surface area is 664 Å². The average molecular weight is 1780 g/mol. The predicted molar refractivity (Wildman–Crippen MR) is 437 cm³/mol. The second-order valence-electron chi connectivity index (χ2n) is 26.8. The van der Waals surface area contributed by atoms with Crippen LogP contribution in [0.5, 0.6) is 0 Å². The third-order valence-electron chi connectivity index (χ3n) is 18.2. The average Bonchev–Trinajstić information content (AvgIpc) is 1.61. The molecule has 0 amide bonds. The molecule has 0 unspecified atom stereocenters. The molecule has 10 nitrogen and oxygen atoms in total. The van der Waals surface area contributed by atoms with Crippen LogP contribution in [0.3, 0.4) is 0 Å². The molecule has 108 heavy (non-hydrogen) atoms. The molecule has 8 aromatic heterocycles. The first-order valence-corrected chi connectivity index (χ1v) is 35.9. The summed E-state index contributed by atoms with van der Waals surface area (Å²) in [5.74, 6) is 1.90. The number of pyridine rings is 6. The summed E-state index contributed by atoms with van der Waals surface area (Å²) < 4.78 is 12.1. The Bertz CT molecular complexity index is 5200. The van der Waals surface area contributed by atoms with Gasteiger partial charge in [-0.25, -0.2) is 0 Å². The van der Waals surface area contributed by atoms with Crippen LogP contribution >= 0.6 is 0 Å². The van der Waals surface area contributed by atoms with Gasteiger partial charge in [0.25, 0.3) is 0 Å². The molecule has 16 aromatic rings. The van der Waals surface area contributed by atoms with Crippen molar-refractivity contribution in [2.24, 2.45) is 0 Å². The van der Waals surface area contributed by atoms with Crippen molar-refractivity contribution in [2.75, 3.05) is 14.2 Å². The van der Waals surface area contributed by atoms with E-state index in [-0.39, 0.29) is 40.2 Å². The molecule has 0 spiro atoms. The van der Waals surface area contributed by atoms with Gasteiger partial charge in [-0.15, -0.1) is 150 Å². The number of furan rings is 2. The number of aliphatic hydroxyl groups excluding tert-OH is 2. The Balaban J connectivity index is 0.000000171. The molecule has 0 aliphatic rings. The zero-order valence-electron chi connectivity index (χ0n) is 63.7. The van der Waals surface area contributed by atoms with Gasteiger partial charge in [0.05, 0.1) is 11.3 Å². The molecular formula is C96H91Ir2N6O4+. The maximum absolute atomic E-state index is 7.00. The van der Waals surface area contributed by atoms with Crippen molar-refractivity contribution < 1.29 is 59.3 Å². The second-order valence-corrected chi connectivity index (χ2v) is 26.8. The summed E-state index contributed by atoms with van der Waals surface area (Å²) in [7, 11) is 2.00. The van der Waals surface area contributed by atoms with Crippen molar-refractivity contribution in [2.45, 2.75) is 107 Å². The van der Waals surface area contributed by atoms with Gasteiger partial charge in [0.2, 0.25) is 0 Å². The van der Waals surface area contributed by atoms with Crippen molar-refractivity contribution in [3.8, 4) is 78.8 Å². The van der Waals surface area contributed by atoms with Crippen molar-refractivity contribution in [3.05, 3.63) is 336 Å². The van der Waals surface area contributed by atoms with Crippen molar-refractivity contribution in [1.29, 1.82) is 0 Å². The third kappa shape index (κ3) is 20.8. The van der Waals surface area contributed by atoms with Crippen LogP contribution in [-0.2, 0) is 40.2 Å². The Hall–Kier alpha value is -10.5. The largest absolute Gasteiger partial charge is 3.00 e. The van der Waals surface area contributed by atoms with Crippen molar-refractivity contribution in [1.82, 2.24) is 29.9 Å². The molecule has 0 fully saturated rings. The maximum Gasteiger partial charge on any atom is 3.00 e. The van der Waals surface area contributed by atoms with Gasteiger partial charge in [-0.2, -0.15) is 0 Å². The van der Waals surface area contributed by atoms with E-state index in [0.717, 1.165) is 137 Å². The van der Waals surface area contributed by atoms with Crippen molar-refractivity contribution in [3.63, 3.8) is 0 Å². The van der Waals surface area contributed by atoms with Crippen LogP contribution < -0.4 is 0 Å². The summed E-state index contributed by atoms with van der Waals surface area (Å²) in [6, 6.07) is 94.0. The molecular weight excluding hydrogens is 1690 g/mol. The van der Waals surface area contributed by atoms with Gasteiger partial charge in [-0.1, -0.05) is 192 Å². The van der Waals surface area contributed by atoms with E-state index in [1.165, 1.54) is 44.5 Å². The molecule has 16 rings (SSSR count). The van der Waals surface area contributed by atoms with Crippen LogP contribution in [0.1, 0.15) is 124 Å². The monoisotopic (exact) mass is 1780 g/mol. The molecule has 0 aliphatic carbocycles. The summed E-state index contributed by atoms with van der Waals surface area (Å²) in [5.41, 5.74) is 27.2. The van der Waals surface area contributed by atoms with Crippen molar-refractivity contribution >= 4 is 43.9 Å². The van der Waals surface area contributed by atoms with E-state index in [0.29, 0.717) is 23.7 Å². The zero-order valence-corrected chi connectivity index (χ0v) is 68.5. The van der Waals surface area contributed by atoms with Gasteiger partial charge in [-0.3, -0.25) is 9.97 Å². The number of fused-ring (bicyclic) bond motifs is 6. The Morgan fingerprint density at radius 3 is 1.18 bits per heavy atom. The van der Waals surface area contributed by atoms with E-state index in [4.69, 9.17) is 24.0 Å².